The Hall–Kier alpha value is -2.05. The van der Waals surface area contributed by atoms with Gasteiger partial charge in [-0.3, -0.25) is 0 Å². The third-order valence-electron chi connectivity index (χ3n) is 2.29. The van der Waals surface area contributed by atoms with Gasteiger partial charge in [-0.25, -0.2) is 9.37 Å². The highest BCUT2D eigenvalue weighted by atomic mass is 19.4. The van der Waals surface area contributed by atoms with Crippen molar-refractivity contribution in [3.05, 3.63) is 47.8 Å². The van der Waals surface area contributed by atoms with Crippen LogP contribution in [0.25, 0.3) is 0 Å². The van der Waals surface area contributed by atoms with Crippen LogP contribution < -0.4 is 5.32 Å². The second kappa shape index (κ2) is 4.67. The van der Waals surface area contributed by atoms with E-state index in [0.29, 0.717) is 5.82 Å². The van der Waals surface area contributed by atoms with Gasteiger partial charge in [-0.15, -0.1) is 0 Å². The van der Waals surface area contributed by atoms with E-state index in [9.17, 15) is 17.6 Å². The number of aromatic nitrogens is 2. The zero-order valence-corrected chi connectivity index (χ0v) is 9.05. The van der Waals surface area contributed by atoms with Gasteiger partial charge in [-0.05, 0) is 18.2 Å². The van der Waals surface area contributed by atoms with Crippen molar-refractivity contribution in [2.45, 2.75) is 12.7 Å². The normalized spacial score (nSPS) is 11.6. The fourth-order valence-electron chi connectivity index (χ4n) is 1.43. The first-order chi connectivity index (χ1) is 8.47. The van der Waals surface area contributed by atoms with Crippen LogP contribution in [0.2, 0.25) is 0 Å². The number of nitrogens with zero attached hydrogens (tertiary/aromatic N) is 1. The molecule has 0 amide bonds. The third kappa shape index (κ3) is 2.79. The summed E-state index contributed by atoms with van der Waals surface area (Å²) < 4.78 is 50.4. The summed E-state index contributed by atoms with van der Waals surface area (Å²) >= 11 is 0. The Labute approximate surface area is 99.9 Å². The Kier molecular flexibility index (Phi) is 3.22. The Bertz CT molecular complexity index is 520. The second-order valence-electron chi connectivity index (χ2n) is 3.58. The molecule has 18 heavy (non-hydrogen) atoms. The summed E-state index contributed by atoms with van der Waals surface area (Å²) in [7, 11) is 0. The van der Waals surface area contributed by atoms with Crippen LogP contribution in [-0.4, -0.2) is 9.97 Å². The highest BCUT2D eigenvalue weighted by molar-refractivity contribution is 5.47. The van der Waals surface area contributed by atoms with Gasteiger partial charge in [0.2, 0.25) is 0 Å². The van der Waals surface area contributed by atoms with Gasteiger partial charge in [0.25, 0.3) is 0 Å². The van der Waals surface area contributed by atoms with Gasteiger partial charge in [0.1, 0.15) is 11.6 Å². The molecule has 0 saturated carbocycles. The van der Waals surface area contributed by atoms with Gasteiger partial charge >= 0.3 is 6.18 Å². The quantitative estimate of drug-likeness (QED) is 0.831. The van der Waals surface area contributed by atoms with Crippen molar-refractivity contribution in [3.8, 4) is 0 Å². The number of nitrogens with one attached hydrogen (secondary N) is 2. The van der Waals surface area contributed by atoms with E-state index < -0.39 is 17.6 Å². The molecular weight excluding hydrogens is 250 g/mol. The molecule has 0 saturated heterocycles. The summed E-state index contributed by atoms with van der Waals surface area (Å²) in [6.07, 6.45) is -1.57. The van der Waals surface area contributed by atoms with E-state index in [-0.39, 0.29) is 12.2 Å². The van der Waals surface area contributed by atoms with Crippen LogP contribution in [0.1, 0.15) is 11.4 Å². The second-order valence-corrected chi connectivity index (χ2v) is 3.58. The van der Waals surface area contributed by atoms with Crippen molar-refractivity contribution in [2.75, 3.05) is 5.32 Å². The van der Waals surface area contributed by atoms with E-state index in [2.05, 4.69) is 15.3 Å². The van der Waals surface area contributed by atoms with Crippen LogP contribution in [0.3, 0.4) is 0 Å². The number of H-pyrrole nitrogens is 1. The van der Waals surface area contributed by atoms with Crippen LogP contribution in [0.15, 0.2) is 30.6 Å². The molecule has 0 bridgehead atoms. The summed E-state index contributed by atoms with van der Waals surface area (Å²) in [5, 5.41) is 2.73. The number of anilines is 1. The maximum atomic E-state index is 13.0. The number of halogens is 4. The molecular formula is C11H9F4N3. The summed E-state index contributed by atoms with van der Waals surface area (Å²) in [6, 6.07) is 2.76. The first kappa shape index (κ1) is 12.4. The van der Waals surface area contributed by atoms with E-state index in [1.807, 2.05) is 0 Å². The van der Waals surface area contributed by atoms with Crippen molar-refractivity contribution in [1.29, 1.82) is 0 Å². The molecule has 2 aromatic rings. The van der Waals surface area contributed by atoms with Crippen molar-refractivity contribution in [1.82, 2.24) is 9.97 Å². The SMILES string of the molecule is Fc1ccc(NCc2ncc[nH]2)cc1C(F)(F)F. The van der Waals surface area contributed by atoms with E-state index in [0.717, 1.165) is 12.1 Å². The molecule has 0 spiro atoms. The van der Waals surface area contributed by atoms with Gasteiger partial charge < -0.3 is 10.3 Å². The van der Waals surface area contributed by atoms with Gasteiger partial charge in [-0.2, -0.15) is 13.2 Å². The minimum Gasteiger partial charge on any atom is -0.378 e. The van der Waals surface area contributed by atoms with Gasteiger partial charge in [0, 0.05) is 18.1 Å². The summed E-state index contributed by atoms with van der Waals surface area (Å²) in [4.78, 5) is 6.70. The predicted octanol–water partition coefficient (Wildman–Crippen LogP) is 3.18. The fourth-order valence-corrected chi connectivity index (χ4v) is 1.43. The van der Waals surface area contributed by atoms with Crippen LogP contribution in [0.4, 0.5) is 23.2 Å². The van der Waals surface area contributed by atoms with Crippen molar-refractivity contribution < 1.29 is 17.6 Å². The lowest BCUT2D eigenvalue weighted by Gasteiger charge is -2.11. The third-order valence-corrected chi connectivity index (χ3v) is 2.29. The molecule has 2 N–H and O–H groups in total. The molecule has 0 aliphatic carbocycles. The number of hydrogen-bond acceptors (Lipinski definition) is 2. The molecule has 3 nitrogen and oxygen atoms in total. The maximum absolute atomic E-state index is 13.0. The highest BCUT2D eigenvalue weighted by Gasteiger charge is 2.34. The number of rotatable bonds is 3. The van der Waals surface area contributed by atoms with Crippen molar-refractivity contribution in [2.24, 2.45) is 0 Å². The lowest BCUT2D eigenvalue weighted by atomic mass is 10.2. The molecule has 0 unspecified atom stereocenters. The predicted molar refractivity (Wildman–Crippen MR) is 57.3 cm³/mol. The lowest BCUT2D eigenvalue weighted by molar-refractivity contribution is -0.139. The van der Waals surface area contributed by atoms with E-state index in [1.54, 1.807) is 6.20 Å². The van der Waals surface area contributed by atoms with E-state index >= 15 is 0 Å². The molecule has 0 atom stereocenters. The smallest absolute Gasteiger partial charge is 0.378 e. The van der Waals surface area contributed by atoms with E-state index in [1.165, 1.54) is 12.3 Å². The first-order valence-electron chi connectivity index (χ1n) is 5.05. The Morgan fingerprint density at radius 3 is 2.67 bits per heavy atom. The monoisotopic (exact) mass is 259 g/mol. The number of imidazole rings is 1. The number of hydrogen-bond donors (Lipinski definition) is 2. The van der Waals surface area contributed by atoms with E-state index in [4.69, 9.17) is 0 Å². The Morgan fingerprint density at radius 1 is 1.28 bits per heavy atom. The first-order valence-corrected chi connectivity index (χ1v) is 5.05. The fraction of sp³-hybridized carbons (Fsp3) is 0.182. The molecule has 0 radical (unpaired) electrons. The van der Waals surface area contributed by atoms with Crippen LogP contribution in [0.5, 0.6) is 0 Å². The molecule has 0 fully saturated rings. The van der Waals surface area contributed by atoms with Crippen LogP contribution in [-0.2, 0) is 12.7 Å². The summed E-state index contributed by atoms with van der Waals surface area (Å²) in [6.45, 7) is 0.232. The Balaban J connectivity index is 2.15. The number of benzene rings is 1. The minimum atomic E-state index is -4.70. The minimum absolute atomic E-state index is 0.181. The van der Waals surface area contributed by atoms with Crippen molar-refractivity contribution in [3.63, 3.8) is 0 Å². The van der Waals surface area contributed by atoms with Crippen molar-refractivity contribution >= 4 is 5.69 Å². The largest absolute Gasteiger partial charge is 0.419 e. The average Bonchev–Trinajstić information content (AvgIpc) is 2.79. The summed E-state index contributed by atoms with van der Waals surface area (Å²) in [5.74, 6) is -0.709. The highest BCUT2D eigenvalue weighted by Crippen LogP contribution is 2.32. The number of alkyl halides is 3. The zero-order valence-electron chi connectivity index (χ0n) is 9.05. The number of aromatic amines is 1. The molecule has 0 aliphatic heterocycles. The molecule has 1 aromatic heterocycles. The molecule has 7 heteroatoms. The van der Waals surface area contributed by atoms with Gasteiger partial charge in [0.05, 0.1) is 12.1 Å². The zero-order chi connectivity index (χ0) is 13.2. The maximum Gasteiger partial charge on any atom is 0.419 e. The lowest BCUT2D eigenvalue weighted by Crippen LogP contribution is -2.09. The van der Waals surface area contributed by atoms with Gasteiger partial charge in [0.15, 0.2) is 0 Å². The topological polar surface area (TPSA) is 40.7 Å². The average molecular weight is 259 g/mol. The standard InChI is InChI=1S/C11H9F4N3/c12-9-2-1-7(5-8(9)11(13,14)15)18-6-10-16-3-4-17-10/h1-5,18H,6H2,(H,16,17). The molecule has 96 valence electrons. The molecule has 0 aliphatic rings. The Morgan fingerprint density at radius 2 is 2.06 bits per heavy atom. The molecule has 1 heterocycles. The van der Waals surface area contributed by atoms with Crippen LogP contribution in [0, 0.1) is 5.82 Å². The summed E-state index contributed by atoms with van der Waals surface area (Å²) in [5.41, 5.74) is -1.10. The van der Waals surface area contributed by atoms with Crippen LogP contribution >= 0.6 is 0 Å². The molecule has 2 rings (SSSR count). The molecule has 1 aromatic carbocycles. The van der Waals surface area contributed by atoms with Gasteiger partial charge in [-0.1, -0.05) is 0 Å².